The molecule has 0 unspecified atom stereocenters. The Bertz CT molecular complexity index is 637. The predicted octanol–water partition coefficient (Wildman–Crippen LogP) is 1.82. The Morgan fingerprint density at radius 1 is 1.32 bits per heavy atom. The number of aromatic nitrogens is 2. The summed E-state index contributed by atoms with van der Waals surface area (Å²) in [4.78, 5) is 11.8. The molecule has 0 bridgehead atoms. The topological polar surface area (TPSA) is 65.4 Å². The first-order valence-corrected chi connectivity index (χ1v) is 7.11. The monoisotopic (exact) mass is 303 g/mol. The molecule has 6 nitrogen and oxygen atoms in total. The zero-order chi connectivity index (χ0) is 15.9. The number of carbonyl (C=O) groups excluding carboxylic acids is 1. The van der Waals surface area contributed by atoms with Crippen LogP contribution in [0.4, 0.5) is 0 Å². The summed E-state index contributed by atoms with van der Waals surface area (Å²) >= 11 is 0. The molecule has 0 saturated heterocycles. The number of nitrogens with zero attached hydrogens (tertiary/aromatic N) is 2. The highest BCUT2D eigenvalue weighted by atomic mass is 16.5. The fraction of sp³-hybridized carbons (Fsp3) is 0.375. The van der Waals surface area contributed by atoms with Gasteiger partial charge in [0.05, 0.1) is 32.4 Å². The quantitative estimate of drug-likeness (QED) is 0.847. The second-order valence-electron chi connectivity index (χ2n) is 4.98. The second-order valence-corrected chi connectivity index (χ2v) is 4.98. The zero-order valence-electron chi connectivity index (χ0n) is 13.1. The van der Waals surface area contributed by atoms with Gasteiger partial charge in [0.2, 0.25) is 5.91 Å². The van der Waals surface area contributed by atoms with Crippen LogP contribution in [0.25, 0.3) is 0 Å². The van der Waals surface area contributed by atoms with Crippen molar-refractivity contribution < 1.29 is 14.3 Å². The van der Waals surface area contributed by atoms with Gasteiger partial charge in [-0.15, -0.1) is 0 Å². The molecule has 22 heavy (non-hydrogen) atoms. The fourth-order valence-electron chi connectivity index (χ4n) is 2.00. The van der Waals surface area contributed by atoms with Gasteiger partial charge in [0, 0.05) is 13.2 Å². The van der Waals surface area contributed by atoms with E-state index in [1.807, 2.05) is 38.2 Å². The summed E-state index contributed by atoms with van der Waals surface area (Å²) in [7, 11) is 3.44. The SMILES string of the molecule is COc1cc(C)ccc1OCCC(=O)NCc1ccnn1C. The average Bonchev–Trinajstić information content (AvgIpc) is 2.91. The Balaban J connectivity index is 1.76. The summed E-state index contributed by atoms with van der Waals surface area (Å²) in [5.41, 5.74) is 2.05. The molecule has 2 rings (SSSR count). The number of hydrogen-bond acceptors (Lipinski definition) is 4. The van der Waals surface area contributed by atoms with Crippen LogP contribution < -0.4 is 14.8 Å². The third-order valence-corrected chi connectivity index (χ3v) is 3.29. The van der Waals surface area contributed by atoms with Crippen molar-refractivity contribution in [3.8, 4) is 11.5 Å². The summed E-state index contributed by atoms with van der Waals surface area (Å²) in [6.07, 6.45) is 1.99. The van der Waals surface area contributed by atoms with Crippen LogP contribution in [0.3, 0.4) is 0 Å². The Kier molecular flexibility index (Phi) is 5.41. The van der Waals surface area contributed by atoms with Gasteiger partial charge < -0.3 is 14.8 Å². The maximum Gasteiger partial charge on any atom is 0.223 e. The molecule has 0 aliphatic carbocycles. The minimum absolute atomic E-state index is 0.0627. The lowest BCUT2D eigenvalue weighted by Crippen LogP contribution is -2.25. The number of carbonyl (C=O) groups is 1. The summed E-state index contributed by atoms with van der Waals surface area (Å²) < 4.78 is 12.6. The molecular weight excluding hydrogens is 282 g/mol. The Morgan fingerprint density at radius 3 is 2.82 bits per heavy atom. The molecule has 1 aromatic carbocycles. The lowest BCUT2D eigenvalue weighted by atomic mass is 10.2. The summed E-state index contributed by atoms with van der Waals surface area (Å²) in [6.45, 7) is 2.75. The predicted molar refractivity (Wildman–Crippen MR) is 82.9 cm³/mol. The van der Waals surface area contributed by atoms with Gasteiger partial charge >= 0.3 is 0 Å². The van der Waals surface area contributed by atoms with Crippen molar-refractivity contribution in [3.63, 3.8) is 0 Å². The molecular formula is C16H21N3O3. The van der Waals surface area contributed by atoms with Crippen molar-refractivity contribution in [2.75, 3.05) is 13.7 Å². The highest BCUT2D eigenvalue weighted by Crippen LogP contribution is 2.27. The van der Waals surface area contributed by atoms with Crippen LogP contribution in [0, 0.1) is 6.92 Å². The zero-order valence-corrected chi connectivity index (χ0v) is 13.1. The van der Waals surface area contributed by atoms with Crippen molar-refractivity contribution in [1.29, 1.82) is 0 Å². The maximum atomic E-state index is 11.8. The molecule has 1 amide bonds. The van der Waals surface area contributed by atoms with E-state index in [1.165, 1.54) is 0 Å². The molecule has 1 aromatic heterocycles. The highest BCUT2D eigenvalue weighted by Gasteiger charge is 2.07. The molecule has 0 aliphatic heterocycles. The van der Waals surface area contributed by atoms with Crippen LogP contribution in [0.1, 0.15) is 17.7 Å². The lowest BCUT2D eigenvalue weighted by molar-refractivity contribution is -0.121. The van der Waals surface area contributed by atoms with Gasteiger partial charge in [-0.1, -0.05) is 6.07 Å². The molecule has 0 fully saturated rings. The number of benzene rings is 1. The summed E-state index contributed by atoms with van der Waals surface area (Å²) in [6, 6.07) is 7.56. The molecule has 1 N–H and O–H groups in total. The van der Waals surface area contributed by atoms with Crippen LogP contribution in [0.5, 0.6) is 11.5 Å². The van der Waals surface area contributed by atoms with E-state index < -0.39 is 0 Å². The fourth-order valence-corrected chi connectivity index (χ4v) is 2.00. The first kappa shape index (κ1) is 15.9. The van der Waals surface area contributed by atoms with E-state index in [1.54, 1.807) is 18.0 Å². The van der Waals surface area contributed by atoms with Crippen LogP contribution in [0.2, 0.25) is 0 Å². The summed E-state index contributed by atoms with van der Waals surface area (Å²) in [5, 5.41) is 6.89. The minimum Gasteiger partial charge on any atom is -0.493 e. The molecule has 118 valence electrons. The Labute approximate surface area is 130 Å². The molecule has 0 radical (unpaired) electrons. The van der Waals surface area contributed by atoms with Gasteiger partial charge in [0.25, 0.3) is 0 Å². The highest BCUT2D eigenvalue weighted by molar-refractivity contribution is 5.75. The summed E-state index contributed by atoms with van der Waals surface area (Å²) in [5.74, 6) is 1.26. The van der Waals surface area contributed by atoms with Crippen molar-refractivity contribution >= 4 is 5.91 Å². The van der Waals surface area contributed by atoms with Crippen LogP contribution in [-0.2, 0) is 18.4 Å². The van der Waals surface area contributed by atoms with Crippen LogP contribution >= 0.6 is 0 Å². The molecule has 1 heterocycles. The minimum atomic E-state index is -0.0627. The van der Waals surface area contributed by atoms with Crippen molar-refractivity contribution in [1.82, 2.24) is 15.1 Å². The number of rotatable bonds is 7. The number of nitrogens with one attached hydrogen (secondary N) is 1. The van der Waals surface area contributed by atoms with E-state index in [-0.39, 0.29) is 12.3 Å². The van der Waals surface area contributed by atoms with Gasteiger partial charge in [0.1, 0.15) is 0 Å². The molecule has 0 saturated carbocycles. The van der Waals surface area contributed by atoms with E-state index in [0.717, 1.165) is 11.3 Å². The van der Waals surface area contributed by atoms with E-state index in [2.05, 4.69) is 10.4 Å². The Morgan fingerprint density at radius 2 is 2.14 bits per heavy atom. The molecule has 0 spiro atoms. The third-order valence-electron chi connectivity index (χ3n) is 3.29. The van der Waals surface area contributed by atoms with Crippen LogP contribution in [0.15, 0.2) is 30.5 Å². The van der Waals surface area contributed by atoms with E-state index in [0.29, 0.717) is 24.7 Å². The second kappa shape index (κ2) is 7.49. The standard InChI is InChI=1S/C16H21N3O3/c1-12-4-5-14(15(10-12)21-3)22-9-7-16(20)17-11-13-6-8-18-19(13)2/h4-6,8,10H,7,9,11H2,1-3H3,(H,17,20). The smallest absolute Gasteiger partial charge is 0.223 e. The molecule has 2 aromatic rings. The first-order chi connectivity index (χ1) is 10.6. The first-order valence-electron chi connectivity index (χ1n) is 7.11. The number of ether oxygens (including phenoxy) is 2. The van der Waals surface area contributed by atoms with Gasteiger partial charge in [-0.3, -0.25) is 9.48 Å². The van der Waals surface area contributed by atoms with Crippen molar-refractivity contribution in [2.24, 2.45) is 7.05 Å². The number of methoxy groups -OCH3 is 1. The van der Waals surface area contributed by atoms with E-state index >= 15 is 0 Å². The van der Waals surface area contributed by atoms with Crippen molar-refractivity contribution in [2.45, 2.75) is 19.9 Å². The van der Waals surface area contributed by atoms with Gasteiger partial charge in [-0.2, -0.15) is 5.10 Å². The van der Waals surface area contributed by atoms with E-state index in [9.17, 15) is 4.79 Å². The Hall–Kier alpha value is -2.50. The normalized spacial score (nSPS) is 10.3. The van der Waals surface area contributed by atoms with Gasteiger partial charge in [-0.05, 0) is 30.7 Å². The average molecular weight is 303 g/mol. The third kappa shape index (κ3) is 4.25. The van der Waals surface area contributed by atoms with Gasteiger partial charge in [-0.25, -0.2) is 0 Å². The largest absolute Gasteiger partial charge is 0.493 e. The number of aryl methyl sites for hydroxylation is 2. The maximum absolute atomic E-state index is 11.8. The van der Waals surface area contributed by atoms with Gasteiger partial charge in [0.15, 0.2) is 11.5 Å². The van der Waals surface area contributed by atoms with Crippen LogP contribution in [-0.4, -0.2) is 29.4 Å². The number of amides is 1. The molecule has 0 atom stereocenters. The van der Waals surface area contributed by atoms with Crippen molar-refractivity contribution in [3.05, 3.63) is 41.7 Å². The lowest BCUT2D eigenvalue weighted by Gasteiger charge is -2.11. The molecule has 0 aliphatic rings. The molecule has 6 heteroatoms. The number of hydrogen-bond donors (Lipinski definition) is 1. The van der Waals surface area contributed by atoms with E-state index in [4.69, 9.17) is 9.47 Å².